The summed E-state index contributed by atoms with van der Waals surface area (Å²) in [7, 11) is 1.77. The Hall–Kier alpha value is -0.980. The van der Waals surface area contributed by atoms with Crippen molar-refractivity contribution in [3.8, 4) is 5.75 Å². The second kappa shape index (κ2) is 9.85. The van der Waals surface area contributed by atoms with Crippen molar-refractivity contribution in [2.24, 2.45) is 11.8 Å². The smallest absolute Gasteiger partial charge is 0.122 e. The largest absolute Gasteiger partial charge is 0.496 e. The van der Waals surface area contributed by atoms with E-state index in [9.17, 15) is 0 Å². The summed E-state index contributed by atoms with van der Waals surface area (Å²) >= 11 is 0. The van der Waals surface area contributed by atoms with Gasteiger partial charge in [-0.15, -0.1) is 0 Å². The number of para-hydroxylation sites is 1. The molecule has 0 spiro atoms. The Kier molecular flexibility index (Phi) is 8.41. The van der Waals surface area contributed by atoms with Gasteiger partial charge in [-0.25, -0.2) is 0 Å². The summed E-state index contributed by atoms with van der Waals surface area (Å²) in [5, 5.41) is 0. The van der Waals surface area contributed by atoms with E-state index in [1.54, 1.807) is 7.11 Å². The van der Waals surface area contributed by atoms with Crippen molar-refractivity contribution in [1.29, 1.82) is 0 Å². The molecule has 1 unspecified atom stereocenters. The number of methoxy groups -OCH3 is 1. The van der Waals surface area contributed by atoms with Crippen LogP contribution in [-0.2, 0) is 6.42 Å². The van der Waals surface area contributed by atoms with Gasteiger partial charge < -0.3 is 4.74 Å². The van der Waals surface area contributed by atoms with Crippen LogP contribution in [0.5, 0.6) is 5.75 Å². The first-order valence-electron chi connectivity index (χ1n) is 8.29. The van der Waals surface area contributed by atoms with E-state index >= 15 is 0 Å². The number of aryl methyl sites for hydroxylation is 1. The van der Waals surface area contributed by atoms with Gasteiger partial charge in [0.2, 0.25) is 0 Å². The highest BCUT2D eigenvalue weighted by Crippen LogP contribution is 2.25. The first-order valence-corrected chi connectivity index (χ1v) is 8.29. The van der Waals surface area contributed by atoms with Gasteiger partial charge in [0.1, 0.15) is 5.75 Å². The zero-order valence-electron chi connectivity index (χ0n) is 13.8. The van der Waals surface area contributed by atoms with E-state index in [1.165, 1.54) is 44.1 Å². The van der Waals surface area contributed by atoms with Crippen molar-refractivity contribution in [3.05, 3.63) is 29.8 Å². The average Bonchev–Trinajstić information content (AvgIpc) is 2.45. The summed E-state index contributed by atoms with van der Waals surface area (Å²) in [4.78, 5) is 0. The molecule has 20 heavy (non-hydrogen) atoms. The molecule has 0 amide bonds. The highest BCUT2D eigenvalue weighted by Gasteiger charge is 2.10. The molecule has 0 radical (unpaired) electrons. The van der Waals surface area contributed by atoms with E-state index in [4.69, 9.17) is 4.74 Å². The lowest BCUT2D eigenvalue weighted by atomic mass is 9.89. The van der Waals surface area contributed by atoms with Crippen LogP contribution in [0, 0.1) is 11.8 Å². The van der Waals surface area contributed by atoms with E-state index in [2.05, 4.69) is 39.0 Å². The fraction of sp³-hybridized carbons (Fsp3) is 0.684. The minimum absolute atomic E-state index is 0.837. The number of hydrogen-bond donors (Lipinski definition) is 0. The van der Waals surface area contributed by atoms with Gasteiger partial charge >= 0.3 is 0 Å². The molecule has 0 N–H and O–H groups in total. The van der Waals surface area contributed by atoms with Crippen molar-refractivity contribution in [2.45, 2.75) is 65.7 Å². The summed E-state index contributed by atoms with van der Waals surface area (Å²) < 4.78 is 5.43. The van der Waals surface area contributed by atoms with Crippen LogP contribution in [0.2, 0.25) is 0 Å². The molecule has 114 valence electrons. The maximum atomic E-state index is 5.43. The second-order valence-electron chi connectivity index (χ2n) is 6.33. The van der Waals surface area contributed by atoms with Gasteiger partial charge in [0.15, 0.2) is 0 Å². The van der Waals surface area contributed by atoms with Gasteiger partial charge in [0.05, 0.1) is 7.11 Å². The maximum absolute atomic E-state index is 5.43. The maximum Gasteiger partial charge on any atom is 0.122 e. The highest BCUT2D eigenvalue weighted by atomic mass is 16.5. The normalized spacial score (nSPS) is 12.7. The van der Waals surface area contributed by atoms with Crippen LogP contribution in [0.15, 0.2) is 24.3 Å². The number of ether oxygens (including phenoxy) is 1. The van der Waals surface area contributed by atoms with Crippen LogP contribution in [-0.4, -0.2) is 7.11 Å². The topological polar surface area (TPSA) is 9.23 Å². The molecule has 1 aromatic rings. The van der Waals surface area contributed by atoms with Crippen LogP contribution < -0.4 is 4.74 Å². The molecule has 1 nitrogen and oxygen atoms in total. The van der Waals surface area contributed by atoms with Gasteiger partial charge in [0.25, 0.3) is 0 Å². The van der Waals surface area contributed by atoms with Crippen molar-refractivity contribution in [3.63, 3.8) is 0 Å². The molecule has 0 aliphatic rings. The van der Waals surface area contributed by atoms with Gasteiger partial charge in [-0.2, -0.15) is 0 Å². The zero-order valence-corrected chi connectivity index (χ0v) is 13.8. The van der Waals surface area contributed by atoms with Gasteiger partial charge in [-0.3, -0.25) is 0 Å². The molecule has 0 aromatic heterocycles. The molecular weight excluding hydrogens is 244 g/mol. The summed E-state index contributed by atoms with van der Waals surface area (Å²) in [5.74, 6) is 2.79. The molecule has 1 rings (SSSR count). The summed E-state index contributed by atoms with van der Waals surface area (Å²) in [6, 6.07) is 8.42. The SMILES string of the molecule is CCCC(CCCc1ccccc1OC)CCC(C)C. The van der Waals surface area contributed by atoms with Crippen molar-refractivity contribution >= 4 is 0 Å². The fourth-order valence-corrected chi connectivity index (χ4v) is 2.90. The summed E-state index contributed by atoms with van der Waals surface area (Å²) in [6.45, 7) is 6.97. The van der Waals surface area contributed by atoms with Gasteiger partial charge in [-0.05, 0) is 36.3 Å². The van der Waals surface area contributed by atoms with Crippen LogP contribution in [0.25, 0.3) is 0 Å². The molecule has 1 atom stereocenters. The van der Waals surface area contributed by atoms with E-state index in [1.807, 2.05) is 6.07 Å². The van der Waals surface area contributed by atoms with Crippen LogP contribution in [0.4, 0.5) is 0 Å². The minimum atomic E-state index is 0.837. The Morgan fingerprint density at radius 3 is 2.40 bits per heavy atom. The summed E-state index contributed by atoms with van der Waals surface area (Å²) in [6.07, 6.45) is 9.26. The van der Waals surface area contributed by atoms with Crippen molar-refractivity contribution in [2.75, 3.05) is 7.11 Å². The monoisotopic (exact) mass is 276 g/mol. The summed E-state index contributed by atoms with van der Waals surface area (Å²) in [5.41, 5.74) is 1.36. The van der Waals surface area contributed by atoms with E-state index in [0.29, 0.717) is 0 Å². The average molecular weight is 276 g/mol. The molecule has 1 aromatic carbocycles. The first-order chi connectivity index (χ1) is 9.67. The molecule has 0 bridgehead atoms. The first kappa shape index (κ1) is 17.1. The lowest BCUT2D eigenvalue weighted by Gasteiger charge is -2.17. The minimum Gasteiger partial charge on any atom is -0.496 e. The molecular formula is C19H32O. The molecule has 0 heterocycles. The van der Waals surface area contributed by atoms with Crippen molar-refractivity contribution < 1.29 is 4.74 Å². The number of benzene rings is 1. The van der Waals surface area contributed by atoms with Crippen molar-refractivity contribution in [1.82, 2.24) is 0 Å². The fourth-order valence-electron chi connectivity index (χ4n) is 2.90. The number of hydrogen-bond acceptors (Lipinski definition) is 1. The highest BCUT2D eigenvalue weighted by molar-refractivity contribution is 5.33. The molecule has 0 saturated heterocycles. The van der Waals surface area contributed by atoms with Gasteiger partial charge in [-0.1, -0.05) is 71.1 Å². The quantitative estimate of drug-likeness (QED) is 0.519. The van der Waals surface area contributed by atoms with Crippen LogP contribution in [0.3, 0.4) is 0 Å². The molecule has 0 aliphatic carbocycles. The Morgan fingerprint density at radius 1 is 1.00 bits per heavy atom. The van der Waals surface area contributed by atoms with E-state index < -0.39 is 0 Å². The number of rotatable bonds is 10. The second-order valence-corrected chi connectivity index (χ2v) is 6.33. The predicted molar refractivity (Wildman–Crippen MR) is 88.4 cm³/mol. The van der Waals surface area contributed by atoms with Gasteiger partial charge in [0, 0.05) is 0 Å². The third kappa shape index (κ3) is 6.45. The Balaban J connectivity index is 2.39. The van der Waals surface area contributed by atoms with E-state index in [0.717, 1.165) is 24.0 Å². The van der Waals surface area contributed by atoms with Crippen LogP contribution >= 0.6 is 0 Å². The zero-order chi connectivity index (χ0) is 14.8. The third-order valence-electron chi connectivity index (χ3n) is 4.10. The Bertz CT molecular complexity index is 357. The molecule has 0 saturated carbocycles. The lowest BCUT2D eigenvalue weighted by molar-refractivity contribution is 0.365. The van der Waals surface area contributed by atoms with E-state index in [-0.39, 0.29) is 0 Å². The Morgan fingerprint density at radius 2 is 1.75 bits per heavy atom. The molecule has 0 aliphatic heterocycles. The lowest BCUT2D eigenvalue weighted by Crippen LogP contribution is -2.03. The third-order valence-corrected chi connectivity index (χ3v) is 4.10. The molecule has 0 fully saturated rings. The molecule has 1 heteroatoms. The van der Waals surface area contributed by atoms with Crippen LogP contribution in [0.1, 0.15) is 64.9 Å². The standard InChI is InChI=1S/C19H32O/c1-5-9-17(15-14-16(2)3)10-8-12-18-11-6-7-13-19(18)20-4/h6-7,11,13,16-17H,5,8-10,12,14-15H2,1-4H3. The Labute approximate surface area is 125 Å². The predicted octanol–water partition coefficient (Wildman–Crippen LogP) is 5.87.